The number of hydrogen-bond acceptors (Lipinski definition) is 2. The molecule has 0 aromatic rings. The highest BCUT2D eigenvalue weighted by atomic mass is 14.6. The summed E-state index contributed by atoms with van der Waals surface area (Å²) in [5.41, 5.74) is 12.8. The highest BCUT2D eigenvalue weighted by Gasteiger charge is 2.20. The average Bonchev–Trinajstić information content (AvgIpc) is 2.43. The number of nitrogens with two attached hydrogens (primary N) is 2. The van der Waals surface area contributed by atoms with Crippen LogP contribution in [0.4, 0.5) is 0 Å². The summed E-state index contributed by atoms with van der Waals surface area (Å²) in [5.74, 6) is 1.74. The van der Waals surface area contributed by atoms with Crippen LogP contribution in [0, 0.1) is 22.7 Å². The lowest BCUT2D eigenvalue weighted by molar-refractivity contribution is 0.263. The molecule has 0 saturated carbocycles. The standard InChI is InChI=1S/C25H54N2/c1-20(14-10-16-24(5,6)18-22(3)26)12-9-13-21(2)15-11-17-25(7,8)19-23(4)27/h20-23H,9-19,26-27H2,1-8H3. The van der Waals surface area contributed by atoms with Crippen LogP contribution in [-0.2, 0) is 0 Å². The minimum absolute atomic E-state index is 0.322. The Morgan fingerprint density at radius 1 is 0.556 bits per heavy atom. The lowest BCUT2D eigenvalue weighted by Gasteiger charge is -2.27. The summed E-state index contributed by atoms with van der Waals surface area (Å²) in [6, 6.07) is 0.645. The fraction of sp³-hybridized carbons (Fsp3) is 1.00. The molecule has 164 valence electrons. The molecule has 27 heavy (non-hydrogen) atoms. The van der Waals surface area contributed by atoms with Gasteiger partial charge in [0.25, 0.3) is 0 Å². The average molecular weight is 383 g/mol. The van der Waals surface area contributed by atoms with Crippen molar-refractivity contribution in [3.8, 4) is 0 Å². The van der Waals surface area contributed by atoms with Crippen molar-refractivity contribution in [1.82, 2.24) is 0 Å². The van der Waals surface area contributed by atoms with Crippen LogP contribution in [0.25, 0.3) is 0 Å². The van der Waals surface area contributed by atoms with Gasteiger partial charge in [-0.3, -0.25) is 0 Å². The molecule has 2 nitrogen and oxygen atoms in total. The molecule has 0 saturated heterocycles. The summed E-state index contributed by atoms with van der Waals surface area (Å²) in [5, 5.41) is 0. The number of hydrogen-bond donors (Lipinski definition) is 2. The summed E-state index contributed by atoms with van der Waals surface area (Å²) in [6.07, 6.45) is 14.6. The molecule has 0 fully saturated rings. The Balaban J connectivity index is 3.80. The molecule has 0 aliphatic heterocycles. The molecule has 4 N–H and O–H groups in total. The van der Waals surface area contributed by atoms with E-state index in [9.17, 15) is 0 Å². The molecule has 0 aliphatic rings. The molecule has 4 unspecified atom stereocenters. The first-order valence-corrected chi connectivity index (χ1v) is 11.8. The molecule has 4 atom stereocenters. The molecule has 0 aromatic heterocycles. The maximum absolute atomic E-state index is 5.98. The smallest absolute Gasteiger partial charge is 0.00155 e. The summed E-state index contributed by atoms with van der Waals surface area (Å²) in [7, 11) is 0. The third-order valence-corrected chi connectivity index (χ3v) is 6.24. The van der Waals surface area contributed by atoms with Gasteiger partial charge in [-0.1, -0.05) is 86.5 Å². The van der Waals surface area contributed by atoms with Gasteiger partial charge in [-0.2, -0.15) is 0 Å². The van der Waals surface area contributed by atoms with E-state index < -0.39 is 0 Å². The Morgan fingerprint density at radius 2 is 0.852 bits per heavy atom. The predicted molar refractivity (Wildman–Crippen MR) is 124 cm³/mol. The van der Waals surface area contributed by atoms with Gasteiger partial charge < -0.3 is 11.5 Å². The highest BCUT2D eigenvalue weighted by Crippen LogP contribution is 2.31. The molecule has 0 radical (unpaired) electrons. The van der Waals surface area contributed by atoms with Crippen LogP contribution >= 0.6 is 0 Å². The fourth-order valence-corrected chi connectivity index (χ4v) is 4.91. The Kier molecular flexibility index (Phi) is 13.2. The topological polar surface area (TPSA) is 52.0 Å². The van der Waals surface area contributed by atoms with Gasteiger partial charge in [0.2, 0.25) is 0 Å². The van der Waals surface area contributed by atoms with Crippen LogP contribution in [0.5, 0.6) is 0 Å². The maximum atomic E-state index is 5.98. The zero-order valence-electron chi connectivity index (χ0n) is 20.2. The van der Waals surface area contributed by atoms with Crippen LogP contribution < -0.4 is 11.5 Å². The van der Waals surface area contributed by atoms with Gasteiger partial charge in [-0.05, 0) is 62.2 Å². The van der Waals surface area contributed by atoms with Gasteiger partial charge >= 0.3 is 0 Å². The van der Waals surface area contributed by atoms with Gasteiger partial charge in [0, 0.05) is 12.1 Å². The Morgan fingerprint density at radius 3 is 1.15 bits per heavy atom. The normalized spacial score (nSPS) is 17.6. The van der Waals surface area contributed by atoms with E-state index in [4.69, 9.17) is 11.5 Å². The van der Waals surface area contributed by atoms with Gasteiger partial charge in [-0.15, -0.1) is 0 Å². The second-order valence-corrected chi connectivity index (χ2v) is 11.6. The van der Waals surface area contributed by atoms with Crippen LogP contribution in [-0.4, -0.2) is 12.1 Å². The Labute approximate surface area is 172 Å². The zero-order chi connectivity index (χ0) is 21.1. The van der Waals surface area contributed by atoms with E-state index in [0.29, 0.717) is 22.9 Å². The third kappa shape index (κ3) is 16.6. The molecule has 2 heteroatoms. The van der Waals surface area contributed by atoms with Crippen LogP contribution in [0.2, 0.25) is 0 Å². The molecular weight excluding hydrogens is 328 g/mol. The maximum Gasteiger partial charge on any atom is 0.00155 e. The molecule has 0 rings (SSSR count). The van der Waals surface area contributed by atoms with E-state index in [2.05, 4.69) is 55.4 Å². The van der Waals surface area contributed by atoms with Crippen molar-refractivity contribution >= 4 is 0 Å². The molecule has 0 amide bonds. The summed E-state index contributed by atoms with van der Waals surface area (Å²) < 4.78 is 0. The van der Waals surface area contributed by atoms with E-state index in [0.717, 1.165) is 24.7 Å². The zero-order valence-corrected chi connectivity index (χ0v) is 20.2. The fourth-order valence-electron chi connectivity index (χ4n) is 4.91. The van der Waals surface area contributed by atoms with Gasteiger partial charge in [0.05, 0.1) is 0 Å². The molecule has 0 bridgehead atoms. The molecule has 0 heterocycles. The van der Waals surface area contributed by atoms with E-state index >= 15 is 0 Å². The molecule has 0 aliphatic carbocycles. The van der Waals surface area contributed by atoms with Crippen molar-refractivity contribution in [2.24, 2.45) is 34.1 Å². The number of rotatable bonds is 16. The minimum Gasteiger partial charge on any atom is -0.328 e. The minimum atomic E-state index is 0.322. The lowest BCUT2D eigenvalue weighted by Crippen LogP contribution is -2.25. The molecule has 0 aromatic carbocycles. The highest BCUT2D eigenvalue weighted by molar-refractivity contribution is 4.74. The largest absolute Gasteiger partial charge is 0.328 e. The van der Waals surface area contributed by atoms with E-state index in [1.54, 1.807) is 0 Å². The van der Waals surface area contributed by atoms with E-state index in [-0.39, 0.29) is 0 Å². The SMILES string of the molecule is CC(N)CC(C)(C)CCCC(C)CCCC(C)CCCC(C)(C)CC(C)N. The van der Waals surface area contributed by atoms with Crippen LogP contribution in [0.3, 0.4) is 0 Å². The Hall–Kier alpha value is -0.0800. The summed E-state index contributed by atoms with van der Waals surface area (Å²) in [6.45, 7) is 18.6. The third-order valence-electron chi connectivity index (χ3n) is 6.24. The monoisotopic (exact) mass is 382 g/mol. The first kappa shape index (κ1) is 26.9. The predicted octanol–water partition coefficient (Wildman–Crippen LogP) is 7.30. The quantitative estimate of drug-likeness (QED) is 0.294. The molecular formula is C25H54N2. The molecule has 0 spiro atoms. The second-order valence-electron chi connectivity index (χ2n) is 11.6. The van der Waals surface area contributed by atoms with Gasteiger partial charge in [0.15, 0.2) is 0 Å². The first-order chi connectivity index (χ1) is 12.3. The van der Waals surface area contributed by atoms with Crippen molar-refractivity contribution in [3.63, 3.8) is 0 Å². The van der Waals surface area contributed by atoms with Crippen LogP contribution in [0.15, 0.2) is 0 Å². The lowest BCUT2D eigenvalue weighted by atomic mass is 9.80. The van der Waals surface area contributed by atoms with Gasteiger partial charge in [0.1, 0.15) is 0 Å². The Bertz CT molecular complexity index is 323. The van der Waals surface area contributed by atoms with Crippen molar-refractivity contribution in [1.29, 1.82) is 0 Å². The van der Waals surface area contributed by atoms with Crippen molar-refractivity contribution in [3.05, 3.63) is 0 Å². The second kappa shape index (κ2) is 13.2. The van der Waals surface area contributed by atoms with Crippen molar-refractivity contribution < 1.29 is 0 Å². The summed E-state index contributed by atoms with van der Waals surface area (Å²) >= 11 is 0. The van der Waals surface area contributed by atoms with E-state index in [1.807, 2.05) is 0 Å². The summed E-state index contributed by atoms with van der Waals surface area (Å²) in [4.78, 5) is 0. The van der Waals surface area contributed by atoms with Gasteiger partial charge in [-0.25, -0.2) is 0 Å². The van der Waals surface area contributed by atoms with Crippen molar-refractivity contribution in [2.75, 3.05) is 0 Å². The first-order valence-electron chi connectivity index (χ1n) is 11.8. The van der Waals surface area contributed by atoms with Crippen molar-refractivity contribution in [2.45, 2.75) is 138 Å². The van der Waals surface area contributed by atoms with Crippen LogP contribution in [0.1, 0.15) is 126 Å². The van der Waals surface area contributed by atoms with E-state index in [1.165, 1.54) is 57.8 Å².